The molecule has 5 rings (SSSR count). The molecule has 7 heteroatoms. The van der Waals surface area contributed by atoms with E-state index < -0.39 is 0 Å². The van der Waals surface area contributed by atoms with Gasteiger partial charge in [-0.3, -0.25) is 4.79 Å². The van der Waals surface area contributed by atoms with Gasteiger partial charge in [0.05, 0.1) is 17.3 Å². The maximum Gasteiger partial charge on any atom is 0.284 e. The molecule has 0 saturated heterocycles. The molecule has 0 aliphatic carbocycles. The highest BCUT2D eigenvalue weighted by Gasteiger charge is 2.34. The molecule has 1 aromatic heterocycles. The Morgan fingerprint density at radius 2 is 1.81 bits per heavy atom. The molecule has 0 saturated carbocycles. The first-order chi connectivity index (χ1) is 15.1. The van der Waals surface area contributed by atoms with Gasteiger partial charge in [0.2, 0.25) is 0 Å². The molecule has 0 radical (unpaired) electrons. The van der Waals surface area contributed by atoms with Crippen LogP contribution in [0.2, 0.25) is 5.02 Å². The van der Waals surface area contributed by atoms with Gasteiger partial charge >= 0.3 is 0 Å². The van der Waals surface area contributed by atoms with E-state index in [0.717, 1.165) is 21.3 Å². The smallest absolute Gasteiger partial charge is 0.284 e. The quantitative estimate of drug-likeness (QED) is 0.373. The molecule has 0 N–H and O–H groups in total. The second-order valence-corrected chi connectivity index (χ2v) is 8.27. The van der Waals surface area contributed by atoms with Crippen LogP contribution in [0.25, 0.3) is 16.3 Å². The third-order valence-electron chi connectivity index (χ3n) is 4.85. The zero-order valence-electron chi connectivity index (χ0n) is 16.4. The fourth-order valence-electron chi connectivity index (χ4n) is 3.39. The summed E-state index contributed by atoms with van der Waals surface area (Å²) in [6, 6.07) is 22.6. The Hall–Kier alpha value is -3.48. The Morgan fingerprint density at radius 3 is 2.61 bits per heavy atom. The molecule has 0 fully saturated rings. The SMILES string of the molecule is COc1ccccc1C=C1N=C(c2ccccc2)N(c2nc3cc(Cl)ccc3s2)C1=O. The minimum absolute atomic E-state index is 0.241. The Labute approximate surface area is 187 Å². The topological polar surface area (TPSA) is 54.8 Å². The molecule has 0 unspecified atom stereocenters. The standard InChI is InChI=1S/C24H16ClN3O2S/c1-30-20-10-6-5-9-16(20)13-19-23(29)28(22(26-19)15-7-3-2-4-8-15)24-27-18-14-17(25)11-12-21(18)31-24/h2-14H,1H3. The maximum atomic E-state index is 13.5. The third-order valence-corrected chi connectivity index (χ3v) is 6.11. The lowest BCUT2D eigenvalue weighted by Gasteiger charge is -2.14. The molecule has 3 aromatic carbocycles. The van der Waals surface area contributed by atoms with Crippen molar-refractivity contribution in [2.24, 2.45) is 4.99 Å². The van der Waals surface area contributed by atoms with Gasteiger partial charge in [-0.05, 0) is 30.3 Å². The van der Waals surface area contributed by atoms with Crippen molar-refractivity contribution in [3.05, 3.63) is 94.6 Å². The molecule has 5 nitrogen and oxygen atoms in total. The number of aliphatic imine (C=N–C) groups is 1. The number of thiazole rings is 1. The number of hydrogen-bond donors (Lipinski definition) is 0. The number of aromatic nitrogens is 1. The van der Waals surface area contributed by atoms with Crippen molar-refractivity contribution in [2.75, 3.05) is 12.0 Å². The largest absolute Gasteiger partial charge is 0.496 e. The number of nitrogens with zero attached hydrogens (tertiary/aromatic N) is 3. The van der Waals surface area contributed by atoms with Crippen LogP contribution in [0.15, 0.2) is 83.5 Å². The van der Waals surface area contributed by atoms with E-state index in [1.165, 1.54) is 11.3 Å². The number of hydrogen-bond acceptors (Lipinski definition) is 5. The number of carbonyl (C=O) groups excluding carboxylic acids is 1. The molecule has 31 heavy (non-hydrogen) atoms. The lowest BCUT2D eigenvalue weighted by atomic mass is 10.1. The highest BCUT2D eigenvalue weighted by Crippen LogP contribution is 2.35. The Bertz CT molecular complexity index is 1360. The van der Waals surface area contributed by atoms with Crippen molar-refractivity contribution in [1.29, 1.82) is 0 Å². The summed E-state index contributed by atoms with van der Waals surface area (Å²) in [4.78, 5) is 24.4. The van der Waals surface area contributed by atoms with Crippen LogP contribution in [0.1, 0.15) is 11.1 Å². The van der Waals surface area contributed by atoms with Gasteiger partial charge in [-0.15, -0.1) is 0 Å². The van der Waals surface area contributed by atoms with Gasteiger partial charge in [-0.25, -0.2) is 14.9 Å². The number of para-hydroxylation sites is 1. The van der Waals surface area contributed by atoms with E-state index in [-0.39, 0.29) is 5.91 Å². The summed E-state index contributed by atoms with van der Waals surface area (Å²) in [7, 11) is 1.60. The first-order valence-corrected chi connectivity index (χ1v) is 10.7. The summed E-state index contributed by atoms with van der Waals surface area (Å²) in [6.45, 7) is 0. The number of methoxy groups -OCH3 is 1. The monoisotopic (exact) mass is 445 g/mol. The number of ether oxygens (including phenoxy) is 1. The molecule has 0 bridgehead atoms. The maximum absolute atomic E-state index is 13.5. The van der Waals surface area contributed by atoms with Crippen molar-refractivity contribution >= 4 is 56.1 Å². The van der Waals surface area contributed by atoms with Gasteiger partial charge in [-0.1, -0.05) is 71.5 Å². The average Bonchev–Trinajstić information content (AvgIpc) is 3.35. The molecule has 1 aliphatic heterocycles. The molecule has 4 aromatic rings. The van der Waals surface area contributed by atoms with Crippen molar-refractivity contribution in [3.63, 3.8) is 0 Å². The average molecular weight is 446 g/mol. The molecule has 1 amide bonds. The lowest BCUT2D eigenvalue weighted by Crippen LogP contribution is -2.32. The zero-order chi connectivity index (χ0) is 21.4. The van der Waals surface area contributed by atoms with Crippen molar-refractivity contribution in [1.82, 2.24) is 4.98 Å². The fourth-order valence-corrected chi connectivity index (χ4v) is 4.50. The predicted octanol–water partition coefficient (Wildman–Crippen LogP) is 5.79. The minimum Gasteiger partial charge on any atom is -0.496 e. The molecule has 0 spiro atoms. The summed E-state index contributed by atoms with van der Waals surface area (Å²) >= 11 is 7.55. The number of fused-ring (bicyclic) bond motifs is 1. The molecule has 0 atom stereocenters. The van der Waals surface area contributed by atoms with Gasteiger partial charge in [-0.2, -0.15) is 0 Å². The van der Waals surface area contributed by atoms with E-state index in [0.29, 0.717) is 27.4 Å². The second kappa shape index (κ2) is 7.98. The molecule has 152 valence electrons. The Balaban J connectivity index is 1.65. The number of rotatable bonds is 4. The number of anilines is 1. The summed E-state index contributed by atoms with van der Waals surface area (Å²) in [6.07, 6.45) is 1.74. The van der Waals surface area contributed by atoms with E-state index in [2.05, 4.69) is 4.98 Å². The van der Waals surface area contributed by atoms with E-state index in [1.54, 1.807) is 24.2 Å². The Kier molecular flexibility index (Phi) is 5.02. The minimum atomic E-state index is -0.241. The van der Waals surface area contributed by atoms with Crippen molar-refractivity contribution < 1.29 is 9.53 Å². The predicted molar refractivity (Wildman–Crippen MR) is 126 cm³/mol. The number of benzene rings is 3. The molecule has 2 heterocycles. The second-order valence-electron chi connectivity index (χ2n) is 6.82. The normalized spacial score (nSPS) is 15.0. The fraction of sp³-hybridized carbons (Fsp3) is 0.0417. The van der Waals surface area contributed by atoms with Crippen LogP contribution in [0.3, 0.4) is 0 Å². The van der Waals surface area contributed by atoms with Crippen LogP contribution in [0.4, 0.5) is 5.13 Å². The van der Waals surface area contributed by atoms with Crippen LogP contribution < -0.4 is 9.64 Å². The number of amides is 1. The van der Waals surface area contributed by atoms with Crippen LogP contribution in [-0.4, -0.2) is 23.8 Å². The molecule has 1 aliphatic rings. The van der Waals surface area contributed by atoms with E-state index >= 15 is 0 Å². The summed E-state index contributed by atoms with van der Waals surface area (Å²) < 4.78 is 6.37. The number of amidine groups is 1. The van der Waals surface area contributed by atoms with Gasteiger partial charge in [0.15, 0.2) is 5.13 Å². The number of carbonyl (C=O) groups is 1. The zero-order valence-corrected chi connectivity index (χ0v) is 18.0. The lowest BCUT2D eigenvalue weighted by molar-refractivity contribution is -0.113. The van der Waals surface area contributed by atoms with Crippen molar-refractivity contribution in [3.8, 4) is 5.75 Å². The van der Waals surface area contributed by atoms with E-state index in [4.69, 9.17) is 21.3 Å². The highest BCUT2D eigenvalue weighted by atomic mass is 35.5. The van der Waals surface area contributed by atoms with Crippen LogP contribution >= 0.6 is 22.9 Å². The molecular weight excluding hydrogens is 430 g/mol. The summed E-state index contributed by atoms with van der Waals surface area (Å²) in [5.74, 6) is 0.971. The number of halogens is 1. The van der Waals surface area contributed by atoms with Crippen LogP contribution in [0, 0.1) is 0 Å². The van der Waals surface area contributed by atoms with E-state index in [1.807, 2.05) is 66.7 Å². The Morgan fingerprint density at radius 1 is 1.03 bits per heavy atom. The van der Waals surface area contributed by atoms with Gasteiger partial charge < -0.3 is 4.74 Å². The summed E-state index contributed by atoms with van der Waals surface area (Å²) in [5.41, 5.74) is 2.68. The van der Waals surface area contributed by atoms with Crippen molar-refractivity contribution in [2.45, 2.75) is 0 Å². The van der Waals surface area contributed by atoms with Crippen LogP contribution in [0.5, 0.6) is 5.75 Å². The third kappa shape index (κ3) is 3.60. The summed E-state index contributed by atoms with van der Waals surface area (Å²) in [5, 5.41) is 1.15. The van der Waals surface area contributed by atoms with Gasteiger partial charge in [0.25, 0.3) is 5.91 Å². The van der Waals surface area contributed by atoms with Gasteiger partial charge in [0, 0.05) is 16.1 Å². The van der Waals surface area contributed by atoms with Gasteiger partial charge in [0.1, 0.15) is 17.3 Å². The highest BCUT2D eigenvalue weighted by molar-refractivity contribution is 7.22. The van der Waals surface area contributed by atoms with Crippen LogP contribution in [-0.2, 0) is 4.79 Å². The first-order valence-electron chi connectivity index (χ1n) is 9.53. The first kappa shape index (κ1) is 19.5. The van der Waals surface area contributed by atoms with E-state index in [9.17, 15) is 4.79 Å². The molecular formula is C24H16ClN3O2S.